The third kappa shape index (κ3) is 5.97. The highest BCUT2D eigenvalue weighted by molar-refractivity contribution is 5.26. The standard InChI is InChI=1S/C13H21NO4/c1-17-13-4-2-11(3-5-13)9-18-10-12(16)8-14-6-7-15/h2-5,12,14-16H,6-10H2,1H3/p+1/t12-/m1/s1. The fourth-order valence-electron chi connectivity index (χ4n) is 1.50. The molecule has 0 aromatic heterocycles. The first kappa shape index (κ1) is 14.9. The number of aliphatic hydroxyl groups excluding tert-OH is 2. The Balaban J connectivity index is 2.16. The topological polar surface area (TPSA) is 75.5 Å². The largest absolute Gasteiger partial charge is 0.497 e. The van der Waals surface area contributed by atoms with Crippen molar-refractivity contribution in [2.45, 2.75) is 12.7 Å². The maximum Gasteiger partial charge on any atom is 0.126 e. The van der Waals surface area contributed by atoms with Crippen LogP contribution in [0.15, 0.2) is 24.3 Å². The van der Waals surface area contributed by atoms with E-state index >= 15 is 0 Å². The minimum Gasteiger partial charge on any atom is -0.497 e. The molecule has 1 atom stereocenters. The zero-order valence-corrected chi connectivity index (χ0v) is 10.7. The Hall–Kier alpha value is -1.14. The number of quaternary nitrogens is 1. The van der Waals surface area contributed by atoms with Gasteiger partial charge in [0, 0.05) is 0 Å². The second-order valence-corrected chi connectivity index (χ2v) is 4.05. The van der Waals surface area contributed by atoms with E-state index in [1.54, 1.807) is 7.11 Å². The first-order chi connectivity index (χ1) is 8.76. The van der Waals surface area contributed by atoms with Crippen LogP contribution in [0.25, 0.3) is 0 Å². The molecule has 0 amide bonds. The van der Waals surface area contributed by atoms with Crippen LogP contribution in [0, 0.1) is 0 Å². The quantitative estimate of drug-likeness (QED) is 0.502. The fourth-order valence-corrected chi connectivity index (χ4v) is 1.50. The molecule has 0 heterocycles. The van der Waals surface area contributed by atoms with Gasteiger partial charge in [-0.05, 0) is 17.7 Å². The molecule has 0 unspecified atom stereocenters. The van der Waals surface area contributed by atoms with Gasteiger partial charge in [-0.2, -0.15) is 0 Å². The number of rotatable bonds is 9. The number of aliphatic hydroxyl groups is 2. The van der Waals surface area contributed by atoms with Gasteiger partial charge < -0.3 is 25.0 Å². The summed E-state index contributed by atoms with van der Waals surface area (Å²) in [6.07, 6.45) is -0.505. The van der Waals surface area contributed by atoms with E-state index in [1.165, 1.54) is 0 Å². The monoisotopic (exact) mass is 256 g/mol. The molecule has 5 heteroatoms. The molecule has 0 aliphatic heterocycles. The Kier molecular flexibility index (Phi) is 7.36. The van der Waals surface area contributed by atoms with Crippen LogP contribution in [-0.2, 0) is 11.3 Å². The van der Waals surface area contributed by atoms with Crippen molar-refractivity contribution < 1.29 is 25.0 Å². The van der Waals surface area contributed by atoms with Gasteiger partial charge in [-0.15, -0.1) is 0 Å². The lowest BCUT2D eigenvalue weighted by atomic mass is 10.2. The van der Waals surface area contributed by atoms with Crippen LogP contribution in [-0.4, -0.2) is 49.7 Å². The minimum atomic E-state index is -0.505. The molecule has 1 aromatic rings. The lowest BCUT2D eigenvalue weighted by Gasteiger charge is -2.10. The first-order valence-corrected chi connectivity index (χ1v) is 6.07. The van der Waals surface area contributed by atoms with E-state index in [1.807, 2.05) is 29.6 Å². The fraction of sp³-hybridized carbons (Fsp3) is 0.538. The Bertz CT molecular complexity index is 315. The van der Waals surface area contributed by atoms with E-state index in [0.29, 0.717) is 26.3 Å². The van der Waals surface area contributed by atoms with Crippen molar-refractivity contribution in [3.05, 3.63) is 29.8 Å². The minimum absolute atomic E-state index is 0.124. The van der Waals surface area contributed by atoms with E-state index < -0.39 is 6.10 Å². The summed E-state index contributed by atoms with van der Waals surface area (Å²) in [4.78, 5) is 0. The van der Waals surface area contributed by atoms with E-state index in [2.05, 4.69) is 0 Å². The Morgan fingerprint density at radius 1 is 1.28 bits per heavy atom. The summed E-state index contributed by atoms with van der Waals surface area (Å²) >= 11 is 0. The number of nitrogens with two attached hydrogens (primary N) is 1. The molecule has 18 heavy (non-hydrogen) atoms. The van der Waals surface area contributed by atoms with E-state index in [-0.39, 0.29) is 6.61 Å². The summed E-state index contributed by atoms with van der Waals surface area (Å²) in [6, 6.07) is 7.63. The third-order valence-electron chi connectivity index (χ3n) is 2.51. The molecule has 0 aliphatic rings. The summed E-state index contributed by atoms with van der Waals surface area (Å²) in [5.74, 6) is 0.817. The Morgan fingerprint density at radius 3 is 2.61 bits per heavy atom. The molecule has 4 N–H and O–H groups in total. The number of benzene rings is 1. The Labute approximate surface area is 107 Å². The van der Waals surface area contributed by atoms with Crippen molar-refractivity contribution in [1.29, 1.82) is 0 Å². The van der Waals surface area contributed by atoms with Crippen LogP contribution >= 0.6 is 0 Å². The second-order valence-electron chi connectivity index (χ2n) is 4.05. The zero-order valence-electron chi connectivity index (χ0n) is 10.7. The van der Waals surface area contributed by atoms with Crippen LogP contribution in [0.1, 0.15) is 5.56 Å². The van der Waals surface area contributed by atoms with Gasteiger partial charge in [-0.3, -0.25) is 0 Å². The highest BCUT2D eigenvalue weighted by atomic mass is 16.5. The van der Waals surface area contributed by atoms with E-state index in [9.17, 15) is 5.11 Å². The maximum absolute atomic E-state index is 9.58. The summed E-state index contributed by atoms with van der Waals surface area (Å²) < 4.78 is 10.5. The highest BCUT2D eigenvalue weighted by Crippen LogP contribution is 2.11. The zero-order chi connectivity index (χ0) is 13.2. The molecular weight excluding hydrogens is 234 g/mol. The van der Waals surface area contributed by atoms with Gasteiger partial charge >= 0.3 is 0 Å². The average Bonchev–Trinajstić information content (AvgIpc) is 2.40. The summed E-state index contributed by atoms with van der Waals surface area (Å²) in [5, 5.41) is 20.0. The van der Waals surface area contributed by atoms with E-state index in [0.717, 1.165) is 11.3 Å². The smallest absolute Gasteiger partial charge is 0.126 e. The molecular formula is C13H22NO4+. The number of hydrogen-bond acceptors (Lipinski definition) is 4. The predicted molar refractivity (Wildman–Crippen MR) is 67.4 cm³/mol. The highest BCUT2D eigenvalue weighted by Gasteiger charge is 2.06. The number of methoxy groups -OCH3 is 1. The molecule has 0 radical (unpaired) electrons. The number of hydrogen-bond donors (Lipinski definition) is 3. The summed E-state index contributed by atoms with van der Waals surface area (Å²) in [7, 11) is 1.63. The van der Waals surface area contributed by atoms with Gasteiger partial charge in [0.15, 0.2) is 0 Å². The molecule has 0 saturated carbocycles. The van der Waals surface area contributed by atoms with Gasteiger partial charge in [-0.1, -0.05) is 12.1 Å². The van der Waals surface area contributed by atoms with Crippen LogP contribution in [0.2, 0.25) is 0 Å². The SMILES string of the molecule is COc1ccc(COC[C@H](O)C[NH2+]CCO)cc1. The average molecular weight is 256 g/mol. The van der Waals surface area contributed by atoms with Gasteiger partial charge in [0.2, 0.25) is 0 Å². The molecule has 0 saturated heterocycles. The number of ether oxygens (including phenoxy) is 2. The van der Waals surface area contributed by atoms with Crippen LogP contribution in [0.3, 0.4) is 0 Å². The van der Waals surface area contributed by atoms with Crippen molar-refractivity contribution in [2.75, 3.05) is 33.4 Å². The van der Waals surface area contributed by atoms with Gasteiger partial charge in [0.1, 0.15) is 18.4 Å². The summed E-state index contributed by atoms with van der Waals surface area (Å²) in [5.41, 5.74) is 1.04. The lowest BCUT2D eigenvalue weighted by molar-refractivity contribution is -0.662. The molecule has 0 bridgehead atoms. The van der Waals surface area contributed by atoms with Crippen LogP contribution < -0.4 is 10.1 Å². The normalized spacial score (nSPS) is 12.4. The van der Waals surface area contributed by atoms with Crippen LogP contribution in [0.5, 0.6) is 5.75 Å². The van der Waals surface area contributed by atoms with Crippen molar-refractivity contribution in [3.63, 3.8) is 0 Å². The van der Waals surface area contributed by atoms with Gasteiger partial charge in [-0.25, -0.2) is 0 Å². The molecule has 0 fully saturated rings. The van der Waals surface area contributed by atoms with Gasteiger partial charge in [0.25, 0.3) is 0 Å². The summed E-state index contributed by atoms with van der Waals surface area (Å²) in [6.45, 7) is 2.05. The Morgan fingerprint density at radius 2 is 2.00 bits per heavy atom. The maximum atomic E-state index is 9.58. The third-order valence-corrected chi connectivity index (χ3v) is 2.51. The van der Waals surface area contributed by atoms with Crippen molar-refractivity contribution in [1.82, 2.24) is 0 Å². The second kappa shape index (κ2) is 8.88. The van der Waals surface area contributed by atoms with E-state index in [4.69, 9.17) is 14.6 Å². The molecule has 5 nitrogen and oxygen atoms in total. The van der Waals surface area contributed by atoms with Gasteiger partial charge in [0.05, 0.1) is 33.5 Å². The molecule has 0 spiro atoms. The first-order valence-electron chi connectivity index (χ1n) is 6.07. The lowest BCUT2D eigenvalue weighted by Crippen LogP contribution is -2.87. The molecule has 102 valence electrons. The van der Waals surface area contributed by atoms with Crippen molar-refractivity contribution in [3.8, 4) is 5.75 Å². The van der Waals surface area contributed by atoms with Crippen molar-refractivity contribution in [2.24, 2.45) is 0 Å². The van der Waals surface area contributed by atoms with Crippen molar-refractivity contribution >= 4 is 0 Å². The molecule has 0 aliphatic carbocycles. The molecule has 1 aromatic carbocycles. The predicted octanol–water partition coefficient (Wildman–Crippen LogP) is -0.872. The molecule has 1 rings (SSSR count). The van der Waals surface area contributed by atoms with Crippen LogP contribution in [0.4, 0.5) is 0 Å².